The molecule has 0 saturated carbocycles. The van der Waals surface area contributed by atoms with Crippen LogP contribution in [0.1, 0.15) is 28.1 Å². The van der Waals surface area contributed by atoms with Crippen LogP contribution in [0.2, 0.25) is 0 Å². The zero-order valence-electron chi connectivity index (χ0n) is 15.9. The van der Waals surface area contributed by atoms with Crippen molar-refractivity contribution in [1.29, 1.82) is 0 Å². The van der Waals surface area contributed by atoms with Crippen LogP contribution in [0.15, 0.2) is 41.8 Å². The van der Waals surface area contributed by atoms with E-state index in [4.69, 9.17) is 4.74 Å². The average Bonchev–Trinajstić information content (AvgIpc) is 3.22. The molecule has 6 heteroatoms. The summed E-state index contributed by atoms with van der Waals surface area (Å²) in [6, 6.07) is 11.6. The topological polar surface area (TPSA) is 49.9 Å². The first-order valence-corrected chi connectivity index (χ1v) is 10.2. The molecular weight excluding hydrogens is 360 g/mol. The van der Waals surface area contributed by atoms with Crippen LogP contribution in [0.5, 0.6) is 5.75 Å². The number of likely N-dealkylation sites (N-methyl/N-ethyl adjacent to an activating group) is 1. The summed E-state index contributed by atoms with van der Waals surface area (Å²) in [5.74, 6) is 1.04. The lowest BCUT2D eigenvalue weighted by atomic mass is 9.95. The minimum absolute atomic E-state index is 0.0126. The van der Waals surface area contributed by atoms with Crippen molar-refractivity contribution in [3.63, 3.8) is 0 Å². The predicted octanol–water partition coefficient (Wildman–Crippen LogP) is 3.45. The van der Waals surface area contributed by atoms with Crippen LogP contribution < -0.4 is 4.74 Å². The number of piperidine rings is 1. The Balaban J connectivity index is 1.42. The predicted molar refractivity (Wildman–Crippen MR) is 107 cm³/mol. The van der Waals surface area contributed by atoms with Crippen molar-refractivity contribution in [3.05, 3.63) is 52.2 Å². The van der Waals surface area contributed by atoms with E-state index in [1.807, 2.05) is 60.6 Å². The van der Waals surface area contributed by atoms with E-state index < -0.39 is 0 Å². The number of carbonyl (C=O) groups is 2. The number of ether oxygens (including phenoxy) is 1. The number of amides is 2. The fourth-order valence-electron chi connectivity index (χ4n) is 3.31. The van der Waals surface area contributed by atoms with Crippen molar-refractivity contribution in [2.75, 3.05) is 33.3 Å². The number of hydrogen-bond donors (Lipinski definition) is 0. The van der Waals surface area contributed by atoms with Crippen molar-refractivity contribution in [1.82, 2.24) is 9.80 Å². The van der Waals surface area contributed by atoms with Gasteiger partial charge in [-0.15, -0.1) is 11.3 Å². The first kappa shape index (κ1) is 19.4. The van der Waals surface area contributed by atoms with Gasteiger partial charge in [-0.25, -0.2) is 0 Å². The molecule has 0 radical (unpaired) electrons. The summed E-state index contributed by atoms with van der Waals surface area (Å²) in [5.41, 5.74) is 1.15. The van der Waals surface area contributed by atoms with E-state index >= 15 is 0 Å². The third-order valence-electron chi connectivity index (χ3n) is 4.92. The SMILES string of the molecule is Cc1cccc(OCCN(C)C(=O)C2CCN(C(=O)c3cccs3)CC2)c1. The monoisotopic (exact) mass is 386 g/mol. The second kappa shape index (κ2) is 9.04. The molecule has 144 valence electrons. The standard InChI is InChI=1S/C21H26N2O3S/c1-16-5-3-6-18(15-16)26-13-12-22(2)20(24)17-8-10-23(11-9-17)21(25)19-7-4-14-27-19/h3-7,14-15,17H,8-13H2,1-2H3. The van der Waals surface area contributed by atoms with Gasteiger partial charge in [0.25, 0.3) is 5.91 Å². The summed E-state index contributed by atoms with van der Waals surface area (Å²) in [5, 5.41) is 1.91. The Morgan fingerprint density at radius 1 is 1.22 bits per heavy atom. The molecular formula is C21H26N2O3S. The van der Waals surface area contributed by atoms with E-state index in [1.54, 1.807) is 4.90 Å². The molecule has 3 rings (SSSR count). The lowest BCUT2D eigenvalue weighted by Gasteiger charge is -2.33. The van der Waals surface area contributed by atoms with E-state index in [-0.39, 0.29) is 17.7 Å². The van der Waals surface area contributed by atoms with E-state index in [0.717, 1.165) is 29.0 Å². The number of aryl methyl sites for hydroxylation is 1. The zero-order valence-corrected chi connectivity index (χ0v) is 16.7. The van der Waals surface area contributed by atoms with E-state index in [9.17, 15) is 9.59 Å². The quantitative estimate of drug-likeness (QED) is 0.764. The largest absolute Gasteiger partial charge is 0.492 e. The number of hydrogen-bond acceptors (Lipinski definition) is 4. The number of rotatable bonds is 6. The van der Waals surface area contributed by atoms with Crippen molar-refractivity contribution in [2.45, 2.75) is 19.8 Å². The highest BCUT2D eigenvalue weighted by molar-refractivity contribution is 7.12. The molecule has 0 aliphatic carbocycles. The fraction of sp³-hybridized carbons (Fsp3) is 0.429. The van der Waals surface area contributed by atoms with E-state index in [2.05, 4.69) is 0 Å². The molecule has 0 bridgehead atoms. The molecule has 2 amide bonds. The Morgan fingerprint density at radius 2 is 2.00 bits per heavy atom. The molecule has 0 N–H and O–H groups in total. The molecule has 1 aliphatic heterocycles. The Labute approximate surface area is 164 Å². The molecule has 1 aromatic carbocycles. The Hall–Kier alpha value is -2.34. The number of nitrogens with zero attached hydrogens (tertiary/aromatic N) is 2. The molecule has 1 aromatic heterocycles. The number of carbonyl (C=O) groups excluding carboxylic acids is 2. The molecule has 1 saturated heterocycles. The fourth-order valence-corrected chi connectivity index (χ4v) is 4.00. The van der Waals surface area contributed by atoms with Gasteiger partial charge in [-0.2, -0.15) is 0 Å². The van der Waals surface area contributed by atoms with Gasteiger partial charge in [0.1, 0.15) is 12.4 Å². The second-order valence-corrected chi connectivity index (χ2v) is 7.92. The summed E-state index contributed by atoms with van der Waals surface area (Å²) in [4.78, 5) is 29.4. The lowest BCUT2D eigenvalue weighted by Crippen LogP contribution is -2.44. The van der Waals surface area contributed by atoms with Crippen molar-refractivity contribution < 1.29 is 14.3 Å². The van der Waals surface area contributed by atoms with Crippen molar-refractivity contribution in [2.24, 2.45) is 5.92 Å². The first-order chi connectivity index (χ1) is 13.0. The highest BCUT2D eigenvalue weighted by Gasteiger charge is 2.29. The van der Waals surface area contributed by atoms with Crippen LogP contribution in [0.3, 0.4) is 0 Å². The average molecular weight is 387 g/mol. The summed E-state index contributed by atoms with van der Waals surface area (Å²) < 4.78 is 5.74. The maximum atomic E-state index is 12.7. The van der Waals surface area contributed by atoms with Gasteiger partial charge < -0.3 is 14.5 Å². The van der Waals surface area contributed by atoms with Gasteiger partial charge in [0.2, 0.25) is 5.91 Å². The minimum Gasteiger partial charge on any atom is -0.492 e. The summed E-state index contributed by atoms with van der Waals surface area (Å²) in [7, 11) is 1.82. The van der Waals surface area contributed by atoms with Crippen LogP contribution in [0, 0.1) is 12.8 Å². The van der Waals surface area contributed by atoms with E-state index in [0.29, 0.717) is 26.2 Å². The molecule has 0 unspecified atom stereocenters. The molecule has 0 atom stereocenters. The third kappa shape index (κ3) is 5.10. The minimum atomic E-state index is -0.0126. The highest BCUT2D eigenvalue weighted by Crippen LogP contribution is 2.22. The Kier molecular flexibility index (Phi) is 6.50. The molecule has 5 nitrogen and oxygen atoms in total. The van der Waals surface area contributed by atoms with Gasteiger partial charge >= 0.3 is 0 Å². The third-order valence-corrected chi connectivity index (χ3v) is 5.78. The van der Waals surface area contributed by atoms with Gasteiger partial charge in [-0.05, 0) is 48.9 Å². The summed E-state index contributed by atoms with van der Waals surface area (Å²) in [6.45, 7) is 4.34. The van der Waals surface area contributed by atoms with Crippen molar-refractivity contribution in [3.8, 4) is 5.75 Å². The molecule has 2 aromatic rings. The Morgan fingerprint density at radius 3 is 2.67 bits per heavy atom. The smallest absolute Gasteiger partial charge is 0.263 e. The van der Waals surface area contributed by atoms with Crippen LogP contribution in [0.4, 0.5) is 0 Å². The van der Waals surface area contributed by atoms with Crippen LogP contribution in [-0.2, 0) is 4.79 Å². The first-order valence-electron chi connectivity index (χ1n) is 9.32. The number of benzene rings is 1. The van der Waals surface area contributed by atoms with Crippen LogP contribution >= 0.6 is 11.3 Å². The molecule has 2 heterocycles. The Bertz CT molecular complexity index is 767. The van der Waals surface area contributed by atoms with Gasteiger partial charge in [-0.1, -0.05) is 18.2 Å². The zero-order chi connectivity index (χ0) is 19.2. The number of likely N-dealkylation sites (tertiary alicyclic amines) is 1. The van der Waals surface area contributed by atoms with Gasteiger partial charge in [0.05, 0.1) is 11.4 Å². The molecule has 0 spiro atoms. The maximum Gasteiger partial charge on any atom is 0.263 e. The second-order valence-electron chi connectivity index (χ2n) is 6.97. The van der Waals surface area contributed by atoms with Crippen LogP contribution in [0.25, 0.3) is 0 Å². The summed E-state index contributed by atoms with van der Waals surface area (Å²) >= 11 is 1.46. The highest BCUT2D eigenvalue weighted by atomic mass is 32.1. The van der Waals surface area contributed by atoms with E-state index in [1.165, 1.54) is 11.3 Å². The van der Waals surface area contributed by atoms with Gasteiger partial charge in [0.15, 0.2) is 0 Å². The summed E-state index contributed by atoms with van der Waals surface area (Å²) in [6.07, 6.45) is 1.44. The molecule has 27 heavy (non-hydrogen) atoms. The molecule has 1 fully saturated rings. The molecule has 1 aliphatic rings. The lowest BCUT2D eigenvalue weighted by molar-refractivity contribution is -0.135. The van der Waals surface area contributed by atoms with Gasteiger partial charge in [-0.3, -0.25) is 9.59 Å². The number of thiophene rings is 1. The normalized spacial score (nSPS) is 14.8. The van der Waals surface area contributed by atoms with Crippen LogP contribution in [-0.4, -0.2) is 54.9 Å². The van der Waals surface area contributed by atoms with Gasteiger partial charge in [0, 0.05) is 26.1 Å². The van der Waals surface area contributed by atoms with Crippen molar-refractivity contribution >= 4 is 23.2 Å². The maximum absolute atomic E-state index is 12.7.